The summed E-state index contributed by atoms with van der Waals surface area (Å²) in [6.07, 6.45) is 1.57. The van der Waals surface area contributed by atoms with Gasteiger partial charge in [0.05, 0.1) is 13.2 Å². The number of carbonyl (C=O) groups is 2. The molecular weight excluding hydrogens is 482 g/mol. The molecule has 0 aliphatic carbocycles. The number of nitrogens with one attached hydrogen (secondary N) is 1. The molecule has 0 radical (unpaired) electrons. The number of nitrogens with zero attached hydrogens (tertiary/aromatic N) is 4. The van der Waals surface area contributed by atoms with Crippen LogP contribution in [-0.4, -0.2) is 86.6 Å². The van der Waals surface area contributed by atoms with Crippen LogP contribution in [0.1, 0.15) is 15.9 Å². The number of hydrogen-bond acceptors (Lipinski definition) is 7. The first-order chi connectivity index (χ1) is 18.4. The fourth-order valence-corrected chi connectivity index (χ4v) is 4.11. The molecule has 1 fully saturated rings. The van der Waals surface area contributed by atoms with E-state index in [9.17, 15) is 9.59 Å². The lowest BCUT2D eigenvalue weighted by atomic mass is 10.2. The number of piperazine rings is 1. The van der Waals surface area contributed by atoms with Crippen molar-refractivity contribution in [1.29, 1.82) is 0 Å². The summed E-state index contributed by atoms with van der Waals surface area (Å²) in [6, 6.07) is 19.7. The number of ether oxygens (including phenoxy) is 2. The highest BCUT2D eigenvalue weighted by molar-refractivity contribution is 5.99. The van der Waals surface area contributed by atoms with Crippen molar-refractivity contribution in [2.45, 2.75) is 12.6 Å². The van der Waals surface area contributed by atoms with E-state index in [1.54, 1.807) is 29.3 Å². The maximum Gasteiger partial charge on any atom is 0.257 e. The molecule has 1 unspecified atom stereocenters. The smallest absolute Gasteiger partial charge is 0.257 e. The predicted octanol–water partition coefficient (Wildman–Crippen LogP) is 3.03. The number of amides is 2. The molecule has 3 aromatic rings. The lowest BCUT2D eigenvalue weighted by Gasteiger charge is -2.34. The molecule has 0 saturated carbocycles. The topological polar surface area (TPSA) is 87.2 Å². The Kier molecular flexibility index (Phi) is 9.29. The molecule has 1 aliphatic heterocycles. The summed E-state index contributed by atoms with van der Waals surface area (Å²) in [6.45, 7) is 3.15. The summed E-state index contributed by atoms with van der Waals surface area (Å²) in [5.41, 5.74) is 2.19. The van der Waals surface area contributed by atoms with Gasteiger partial charge in [-0.25, -0.2) is 4.98 Å². The van der Waals surface area contributed by atoms with E-state index in [-0.39, 0.29) is 24.0 Å². The molecule has 1 saturated heterocycles. The van der Waals surface area contributed by atoms with E-state index in [2.05, 4.69) is 15.2 Å². The van der Waals surface area contributed by atoms with Gasteiger partial charge in [0.25, 0.3) is 5.91 Å². The van der Waals surface area contributed by atoms with Crippen LogP contribution in [0.3, 0.4) is 0 Å². The van der Waals surface area contributed by atoms with Crippen LogP contribution in [0.4, 0.5) is 5.69 Å². The summed E-state index contributed by atoms with van der Waals surface area (Å²) in [4.78, 5) is 37.1. The summed E-state index contributed by atoms with van der Waals surface area (Å²) < 4.78 is 11.9. The molecule has 0 bridgehead atoms. The van der Waals surface area contributed by atoms with Crippen LogP contribution in [0, 0.1) is 0 Å². The maximum atomic E-state index is 13.5. The number of aromatic nitrogens is 1. The molecular formula is C29H35N5O4. The van der Waals surface area contributed by atoms with Crippen molar-refractivity contribution >= 4 is 17.5 Å². The molecule has 2 aromatic carbocycles. The Labute approximate surface area is 224 Å². The molecule has 1 aromatic heterocycles. The van der Waals surface area contributed by atoms with Gasteiger partial charge >= 0.3 is 0 Å². The highest BCUT2D eigenvalue weighted by Crippen LogP contribution is 2.26. The van der Waals surface area contributed by atoms with Crippen molar-refractivity contribution in [2.24, 2.45) is 0 Å². The zero-order chi connectivity index (χ0) is 26.9. The summed E-state index contributed by atoms with van der Waals surface area (Å²) in [5, 5.41) is 2.89. The van der Waals surface area contributed by atoms with Gasteiger partial charge in [0.1, 0.15) is 17.4 Å². The number of anilines is 1. The van der Waals surface area contributed by atoms with Crippen LogP contribution in [0.25, 0.3) is 0 Å². The SMILES string of the molecule is CN1CCN(C(=O)C(COCc2ccccc2)NC(=O)c2cccnc2Oc2cccc(N(C)C)c2)CC1. The summed E-state index contributed by atoms with van der Waals surface area (Å²) in [5.74, 6) is 0.106. The first kappa shape index (κ1) is 27.1. The first-order valence-electron chi connectivity index (χ1n) is 12.7. The lowest BCUT2D eigenvalue weighted by molar-refractivity contribution is -0.136. The normalized spacial score (nSPS) is 14.6. The summed E-state index contributed by atoms with van der Waals surface area (Å²) in [7, 11) is 5.91. The number of benzene rings is 2. The van der Waals surface area contributed by atoms with Crippen LogP contribution in [0.5, 0.6) is 11.6 Å². The Bertz CT molecular complexity index is 1210. The van der Waals surface area contributed by atoms with Crippen LogP contribution < -0.4 is 15.0 Å². The fourth-order valence-electron chi connectivity index (χ4n) is 4.11. The molecule has 1 N–H and O–H groups in total. The number of pyridine rings is 1. The Morgan fingerprint density at radius 1 is 1.00 bits per heavy atom. The quantitative estimate of drug-likeness (QED) is 0.442. The van der Waals surface area contributed by atoms with Gasteiger partial charge in [-0.3, -0.25) is 9.59 Å². The van der Waals surface area contributed by atoms with E-state index in [1.165, 1.54) is 0 Å². The number of rotatable bonds is 10. The molecule has 2 amide bonds. The molecule has 4 rings (SSSR count). The third-order valence-electron chi connectivity index (χ3n) is 6.38. The minimum atomic E-state index is -0.847. The van der Waals surface area contributed by atoms with E-state index in [0.717, 1.165) is 24.3 Å². The molecule has 9 nitrogen and oxygen atoms in total. The number of likely N-dealkylation sites (N-methyl/N-ethyl adjacent to an activating group) is 1. The van der Waals surface area contributed by atoms with E-state index in [4.69, 9.17) is 9.47 Å². The summed E-state index contributed by atoms with van der Waals surface area (Å²) >= 11 is 0. The third-order valence-corrected chi connectivity index (χ3v) is 6.38. The largest absolute Gasteiger partial charge is 0.438 e. The van der Waals surface area contributed by atoms with Gasteiger partial charge in [0, 0.05) is 58.2 Å². The first-order valence-corrected chi connectivity index (χ1v) is 12.7. The molecule has 38 heavy (non-hydrogen) atoms. The van der Waals surface area contributed by atoms with Crippen LogP contribution in [-0.2, 0) is 16.1 Å². The van der Waals surface area contributed by atoms with Gasteiger partial charge in [0.15, 0.2) is 0 Å². The van der Waals surface area contributed by atoms with Crippen molar-refractivity contribution in [3.63, 3.8) is 0 Å². The zero-order valence-corrected chi connectivity index (χ0v) is 22.2. The van der Waals surface area contributed by atoms with Gasteiger partial charge in [-0.2, -0.15) is 0 Å². The van der Waals surface area contributed by atoms with E-state index < -0.39 is 11.9 Å². The molecule has 1 atom stereocenters. The minimum Gasteiger partial charge on any atom is -0.438 e. The van der Waals surface area contributed by atoms with Crippen molar-refractivity contribution in [2.75, 3.05) is 58.8 Å². The van der Waals surface area contributed by atoms with E-state index >= 15 is 0 Å². The van der Waals surface area contributed by atoms with Gasteiger partial charge in [0.2, 0.25) is 11.8 Å². The molecule has 0 spiro atoms. The van der Waals surface area contributed by atoms with Gasteiger partial charge in [-0.1, -0.05) is 36.4 Å². The third kappa shape index (κ3) is 7.30. The van der Waals surface area contributed by atoms with Crippen LogP contribution in [0.2, 0.25) is 0 Å². The Balaban J connectivity index is 1.49. The zero-order valence-electron chi connectivity index (χ0n) is 22.2. The molecule has 2 heterocycles. The van der Waals surface area contributed by atoms with Crippen molar-refractivity contribution < 1.29 is 19.1 Å². The number of hydrogen-bond donors (Lipinski definition) is 1. The number of carbonyl (C=O) groups excluding carboxylic acids is 2. The van der Waals surface area contributed by atoms with Gasteiger partial charge < -0.3 is 29.5 Å². The second kappa shape index (κ2) is 13.0. The Morgan fingerprint density at radius 2 is 1.76 bits per heavy atom. The second-order valence-corrected chi connectivity index (χ2v) is 9.51. The highest BCUT2D eigenvalue weighted by atomic mass is 16.5. The maximum absolute atomic E-state index is 13.5. The average molecular weight is 518 g/mol. The average Bonchev–Trinajstić information content (AvgIpc) is 2.93. The van der Waals surface area contributed by atoms with Crippen molar-refractivity contribution in [1.82, 2.24) is 20.1 Å². The standard InChI is InChI=1S/C29H35N5O4/c1-32(2)23-11-7-12-24(19-23)38-28-25(13-8-14-30-28)27(35)31-26(21-37-20-22-9-5-4-6-10-22)29(36)34-17-15-33(3)16-18-34/h4-14,19,26H,15-18,20-21H2,1-3H3,(H,31,35). The second-order valence-electron chi connectivity index (χ2n) is 9.51. The Hall–Kier alpha value is -3.95. The van der Waals surface area contributed by atoms with Crippen molar-refractivity contribution in [3.05, 3.63) is 84.1 Å². The van der Waals surface area contributed by atoms with Gasteiger partial charge in [-0.15, -0.1) is 0 Å². The predicted molar refractivity (Wildman–Crippen MR) is 147 cm³/mol. The van der Waals surface area contributed by atoms with E-state index in [0.29, 0.717) is 25.4 Å². The Morgan fingerprint density at radius 3 is 2.50 bits per heavy atom. The van der Waals surface area contributed by atoms with Crippen LogP contribution in [0.15, 0.2) is 72.9 Å². The van der Waals surface area contributed by atoms with Gasteiger partial charge in [-0.05, 0) is 36.9 Å². The molecule has 1 aliphatic rings. The molecule has 200 valence electrons. The van der Waals surface area contributed by atoms with E-state index in [1.807, 2.05) is 74.6 Å². The minimum absolute atomic E-state index is 0.0487. The molecule has 9 heteroatoms. The lowest BCUT2D eigenvalue weighted by Crippen LogP contribution is -2.55. The monoisotopic (exact) mass is 517 g/mol. The highest BCUT2D eigenvalue weighted by Gasteiger charge is 2.29. The van der Waals surface area contributed by atoms with Crippen molar-refractivity contribution in [3.8, 4) is 11.6 Å². The fraction of sp³-hybridized carbons (Fsp3) is 0.345. The van der Waals surface area contributed by atoms with Crippen LogP contribution >= 0.6 is 0 Å².